The third-order valence-corrected chi connectivity index (χ3v) is 4.01. The van der Waals surface area contributed by atoms with Gasteiger partial charge in [0.25, 0.3) is 0 Å². The first kappa shape index (κ1) is 11.4. The van der Waals surface area contributed by atoms with Gasteiger partial charge >= 0.3 is 0 Å². The fourth-order valence-corrected chi connectivity index (χ4v) is 2.75. The van der Waals surface area contributed by atoms with Crippen LogP contribution in [-0.2, 0) is 4.74 Å². The van der Waals surface area contributed by atoms with Crippen molar-refractivity contribution < 1.29 is 4.74 Å². The zero-order chi connectivity index (χ0) is 10.7. The lowest BCUT2D eigenvalue weighted by Gasteiger charge is -2.33. The molecule has 0 saturated carbocycles. The molecule has 1 N–H and O–H groups in total. The van der Waals surface area contributed by atoms with Crippen LogP contribution in [0.4, 0.5) is 0 Å². The zero-order valence-electron chi connectivity index (χ0n) is 10.0. The van der Waals surface area contributed by atoms with E-state index in [-0.39, 0.29) is 0 Å². The maximum Gasteiger partial charge on any atom is 0.0480 e. The van der Waals surface area contributed by atoms with E-state index < -0.39 is 0 Å². The van der Waals surface area contributed by atoms with Gasteiger partial charge < -0.3 is 15.0 Å². The van der Waals surface area contributed by atoms with Gasteiger partial charge in [-0.1, -0.05) is 6.92 Å². The number of nitrogens with one attached hydrogen (secondary N) is 1. The van der Waals surface area contributed by atoms with E-state index in [1.165, 1.54) is 32.5 Å². The van der Waals surface area contributed by atoms with Crippen molar-refractivity contribution in [1.29, 1.82) is 0 Å². The Labute approximate surface area is 93.2 Å². The molecule has 0 bridgehead atoms. The second-order valence-corrected chi connectivity index (χ2v) is 5.18. The van der Waals surface area contributed by atoms with E-state index in [0.29, 0.717) is 0 Å². The molecule has 2 rings (SSSR count). The molecule has 2 atom stereocenters. The Morgan fingerprint density at radius 3 is 2.60 bits per heavy atom. The Morgan fingerprint density at radius 1 is 1.27 bits per heavy atom. The van der Waals surface area contributed by atoms with E-state index in [0.717, 1.165) is 31.1 Å². The molecule has 15 heavy (non-hydrogen) atoms. The van der Waals surface area contributed by atoms with Gasteiger partial charge in [-0.15, -0.1) is 0 Å². The molecule has 0 radical (unpaired) electrons. The third kappa shape index (κ3) is 2.92. The van der Waals surface area contributed by atoms with Crippen LogP contribution in [0.15, 0.2) is 0 Å². The largest absolute Gasteiger partial charge is 0.381 e. The van der Waals surface area contributed by atoms with Crippen molar-refractivity contribution in [1.82, 2.24) is 10.2 Å². The van der Waals surface area contributed by atoms with Crippen LogP contribution in [0.1, 0.15) is 19.8 Å². The van der Waals surface area contributed by atoms with Gasteiger partial charge in [-0.3, -0.25) is 0 Å². The van der Waals surface area contributed by atoms with Gasteiger partial charge in [0.15, 0.2) is 0 Å². The van der Waals surface area contributed by atoms with Crippen LogP contribution in [0.2, 0.25) is 0 Å². The SMILES string of the molecule is CC1CNCC1CN(C)C1CCOCC1. The lowest BCUT2D eigenvalue weighted by Crippen LogP contribution is -2.40. The van der Waals surface area contributed by atoms with Crippen molar-refractivity contribution in [2.75, 3.05) is 39.9 Å². The molecule has 0 aliphatic carbocycles. The average molecular weight is 212 g/mol. The first-order chi connectivity index (χ1) is 7.27. The van der Waals surface area contributed by atoms with E-state index in [1.54, 1.807) is 0 Å². The Bertz CT molecular complexity index is 192. The van der Waals surface area contributed by atoms with Gasteiger partial charge in [0.05, 0.1) is 0 Å². The predicted octanol–water partition coefficient (Wildman–Crippen LogP) is 0.953. The highest BCUT2D eigenvalue weighted by Gasteiger charge is 2.27. The predicted molar refractivity (Wildman–Crippen MR) is 62.0 cm³/mol. The Morgan fingerprint density at radius 2 is 2.00 bits per heavy atom. The van der Waals surface area contributed by atoms with Gasteiger partial charge in [-0.25, -0.2) is 0 Å². The minimum absolute atomic E-state index is 0.756. The third-order valence-electron chi connectivity index (χ3n) is 4.01. The smallest absolute Gasteiger partial charge is 0.0480 e. The number of hydrogen-bond acceptors (Lipinski definition) is 3. The Kier molecular flexibility index (Phi) is 4.00. The van der Waals surface area contributed by atoms with Crippen molar-refractivity contribution in [3.8, 4) is 0 Å². The van der Waals surface area contributed by atoms with Crippen molar-refractivity contribution in [2.45, 2.75) is 25.8 Å². The summed E-state index contributed by atoms with van der Waals surface area (Å²) in [6, 6.07) is 0.756. The maximum absolute atomic E-state index is 5.40. The monoisotopic (exact) mass is 212 g/mol. The summed E-state index contributed by atoms with van der Waals surface area (Å²) in [7, 11) is 2.28. The van der Waals surface area contributed by atoms with Gasteiger partial charge in [0.1, 0.15) is 0 Å². The normalized spacial score (nSPS) is 33.8. The van der Waals surface area contributed by atoms with Crippen LogP contribution >= 0.6 is 0 Å². The molecule has 2 aliphatic rings. The fraction of sp³-hybridized carbons (Fsp3) is 1.00. The van der Waals surface area contributed by atoms with Crippen molar-refractivity contribution in [2.24, 2.45) is 11.8 Å². The molecule has 2 heterocycles. The average Bonchev–Trinajstić information content (AvgIpc) is 2.66. The molecular weight excluding hydrogens is 188 g/mol. The second kappa shape index (κ2) is 5.28. The molecule has 3 nitrogen and oxygen atoms in total. The summed E-state index contributed by atoms with van der Waals surface area (Å²) in [5, 5.41) is 3.48. The molecule has 0 spiro atoms. The van der Waals surface area contributed by atoms with E-state index in [4.69, 9.17) is 4.74 Å². The van der Waals surface area contributed by atoms with E-state index in [2.05, 4.69) is 24.2 Å². The Hall–Kier alpha value is -0.120. The van der Waals surface area contributed by atoms with E-state index >= 15 is 0 Å². The molecular formula is C12H24N2O. The summed E-state index contributed by atoms with van der Waals surface area (Å²) in [6.07, 6.45) is 2.43. The molecule has 3 heteroatoms. The standard InChI is InChI=1S/C12H24N2O/c1-10-7-13-8-11(10)9-14(2)12-3-5-15-6-4-12/h10-13H,3-9H2,1-2H3. The van der Waals surface area contributed by atoms with Crippen LogP contribution in [0.3, 0.4) is 0 Å². The molecule has 0 amide bonds. The van der Waals surface area contributed by atoms with Crippen molar-refractivity contribution in [3.05, 3.63) is 0 Å². The van der Waals surface area contributed by atoms with Crippen LogP contribution < -0.4 is 5.32 Å². The summed E-state index contributed by atoms with van der Waals surface area (Å²) < 4.78 is 5.40. The molecule has 0 aromatic carbocycles. The quantitative estimate of drug-likeness (QED) is 0.754. The molecule has 2 unspecified atom stereocenters. The summed E-state index contributed by atoms with van der Waals surface area (Å²) in [4.78, 5) is 2.55. The van der Waals surface area contributed by atoms with E-state index in [9.17, 15) is 0 Å². The Balaban J connectivity index is 1.77. The summed E-state index contributed by atoms with van der Waals surface area (Å²) >= 11 is 0. The molecule has 0 aromatic rings. The van der Waals surface area contributed by atoms with Crippen LogP contribution in [0.5, 0.6) is 0 Å². The summed E-state index contributed by atoms with van der Waals surface area (Å²) in [5.74, 6) is 1.69. The summed E-state index contributed by atoms with van der Waals surface area (Å²) in [5.41, 5.74) is 0. The van der Waals surface area contributed by atoms with Crippen molar-refractivity contribution >= 4 is 0 Å². The van der Waals surface area contributed by atoms with Gasteiger partial charge in [-0.2, -0.15) is 0 Å². The van der Waals surface area contributed by atoms with Gasteiger partial charge in [0.2, 0.25) is 0 Å². The molecule has 0 aromatic heterocycles. The van der Waals surface area contributed by atoms with Gasteiger partial charge in [-0.05, 0) is 44.8 Å². The number of ether oxygens (including phenoxy) is 1. The molecule has 2 saturated heterocycles. The highest BCUT2D eigenvalue weighted by molar-refractivity contribution is 4.82. The van der Waals surface area contributed by atoms with Gasteiger partial charge in [0, 0.05) is 25.8 Å². The number of rotatable bonds is 3. The highest BCUT2D eigenvalue weighted by Crippen LogP contribution is 2.20. The second-order valence-electron chi connectivity index (χ2n) is 5.18. The van der Waals surface area contributed by atoms with Crippen LogP contribution in [0, 0.1) is 11.8 Å². The summed E-state index contributed by atoms with van der Waals surface area (Å²) in [6.45, 7) is 7.92. The van der Waals surface area contributed by atoms with Crippen molar-refractivity contribution in [3.63, 3.8) is 0 Å². The maximum atomic E-state index is 5.40. The lowest BCUT2D eigenvalue weighted by molar-refractivity contribution is 0.0374. The minimum atomic E-state index is 0.756. The minimum Gasteiger partial charge on any atom is -0.381 e. The number of hydrogen-bond donors (Lipinski definition) is 1. The van der Waals surface area contributed by atoms with Crippen LogP contribution in [-0.4, -0.2) is 50.8 Å². The molecule has 2 aliphatic heterocycles. The number of nitrogens with zero attached hydrogens (tertiary/aromatic N) is 1. The first-order valence-electron chi connectivity index (χ1n) is 6.26. The highest BCUT2D eigenvalue weighted by atomic mass is 16.5. The zero-order valence-corrected chi connectivity index (χ0v) is 10.0. The van der Waals surface area contributed by atoms with E-state index in [1.807, 2.05) is 0 Å². The molecule has 2 fully saturated rings. The lowest BCUT2D eigenvalue weighted by atomic mass is 9.96. The van der Waals surface area contributed by atoms with Crippen LogP contribution in [0.25, 0.3) is 0 Å². The topological polar surface area (TPSA) is 24.5 Å². The fourth-order valence-electron chi connectivity index (χ4n) is 2.75. The molecule has 88 valence electrons. The first-order valence-corrected chi connectivity index (χ1v) is 6.26.